The highest BCUT2D eigenvalue weighted by molar-refractivity contribution is 6.04. The van der Waals surface area contributed by atoms with Crippen molar-refractivity contribution < 1.29 is 36.2 Å². The van der Waals surface area contributed by atoms with Crippen LogP contribution in [0, 0.1) is 24.5 Å². The van der Waals surface area contributed by atoms with Crippen LogP contribution in [-0.2, 0) is 4.74 Å². The van der Waals surface area contributed by atoms with Crippen molar-refractivity contribution in [1.29, 1.82) is 0 Å². The predicted octanol–water partition coefficient (Wildman–Crippen LogP) is 4.43. The van der Waals surface area contributed by atoms with Crippen molar-refractivity contribution in [2.24, 2.45) is 11.7 Å². The van der Waals surface area contributed by atoms with Crippen LogP contribution in [0.3, 0.4) is 0 Å². The second-order valence-corrected chi connectivity index (χ2v) is 8.93. The third-order valence-corrected chi connectivity index (χ3v) is 6.92. The molecule has 0 unspecified atom stereocenters. The second kappa shape index (κ2) is 8.54. The van der Waals surface area contributed by atoms with Gasteiger partial charge in [0, 0.05) is 35.4 Å². The Balaban J connectivity index is 2.01. The van der Waals surface area contributed by atoms with E-state index in [1.54, 1.807) is 6.92 Å². The second-order valence-electron chi connectivity index (χ2n) is 8.93. The number of carbonyl (C=O) groups excluding carboxylic acids is 1. The predicted molar refractivity (Wildman–Crippen MR) is 119 cm³/mol. The highest BCUT2D eigenvalue weighted by Gasteiger charge is 2.65. The van der Waals surface area contributed by atoms with Gasteiger partial charge in [-0.15, -0.1) is 0 Å². The molecule has 0 radical (unpaired) electrons. The summed E-state index contributed by atoms with van der Waals surface area (Å²) in [5.41, 5.74) is 2.02. The number of nitrogens with one attached hydrogen (secondary N) is 1. The first-order valence-electron chi connectivity index (χ1n) is 10.8. The number of primary amides is 1. The maximum absolute atomic E-state index is 14.6. The van der Waals surface area contributed by atoms with Gasteiger partial charge >= 0.3 is 6.18 Å². The van der Waals surface area contributed by atoms with Gasteiger partial charge in [0.05, 0.1) is 18.0 Å². The van der Waals surface area contributed by atoms with Crippen LogP contribution in [0.25, 0.3) is 10.9 Å². The molecule has 0 aliphatic carbocycles. The first-order chi connectivity index (χ1) is 16.7. The van der Waals surface area contributed by atoms with Gasteiger partial charge in [0.1, 0.15) is 11.8 Å². The Labute approximate surface area is 201 Å². The minimum atomic E-state index is -4.85. The highest BCUT2D eigenvalue weighted by Crippen LogP contribution is 2.59. The number of methoxy groups -OCH3 is 1. The lowest BCUT2D eigenvalue weighted by molar-refractivity contribution is -0.275. The average Bonchev–Trinajstić information content (AvgIpc) is 3.07. The Hall–Kier alpha value is -3.54. The lowest BCUT2D eigenvalue weighted by Gasteiger charge is -2.32. The van der Waals surface area contributed by atoms with Gasteiger partial charge in [0.2, 0.25) is 5.82 Å². The zero-order valence-corrected chi connectivity index (χ0v) is 19.6. The van der Waals surface area contributed by atoms with Crippen LogP contribution < -0.4 is 15.9 Å². The molecular weight excluding hydrogens is 489 g/mol. The van der Waals surface area contributed by atoms with Gasteiger partial charge in [0.15, 0.2) is 22.6 Å². The molecule has 1 amide bonds. The topological polar surface area (TPSA) is 107 Å². The molecule has 7 nitrogen and oxygen atoms in total. The first-order valence-corrected chi connectivity index (χ1v) is 10.8. The standard InChI is InChI=1S/C24H22F5N3O4/c1-9-8-31-19(22(30)34)16-14(33)7-13(32-18(9)16)21-15(10(2)23(3,36-21)24(27,28)29)11-5-6-12(25)17(26)20(11)35-4/h5-8,10,15,21H,1-4H3,(H2,30,34)(H,32,33)/t10-,15-,21-,23+/m0/s1. The van der Waals surface area contributed by atoms with Crippen molar-refractivity contribution in [2.45, 2.75) is 44.6 Å². The number of nitrogens with two attached hydrogens (primary N) is 1. The Morgan fingerprint density at radius 2 is 1.94 bits per heavy atom. The molecule has 4 atom stereocenters. The van der Waals surface area contributed by atoms with Gasteiger partial charge in [-0.2, -0.15) is 17.6 Å². The summed E-state index contributed by atoms with van der Waals surface area (Å²) in [7, 11) is 1.07. The summed E-state index contributed by atoms with van der Waals surface area (Å²) in [5, 5.41) is -0.127. The molecule has 1 aliphatic heterocycles. The fourth-order valence-corrected chi connectivity index (χ4v) is 4.82. The van der Waals surface area contributed by atoms with Crippen LogP contribution in [0.1, 0.15) is 53.2 Å². The molecule has 1 aliphatic rings. The van der Waals surface area contributed by atoms with E-state index in [2.05, 4.69) is 9.97 Å². The van der Waals surface area contributed by atoms with Gasteiger partial charge in [-0.05, 0) is 25.5 Å². The number of fused-ring (bicyclic) bond motifs is 1. The quantitative estimate of drug-likeness (QED) is 0.504. The Morgan fingerprint density at radius 1 is 1.28 bits per heavy atom. The molecule has 1 saturated heterocycles. The van der Waals surface area contributed by atoms with Crippen molar-refractivity contribution in [3.8, 4) is 5.75 Å². The number of aryl methyl sites for hydroxylation is 1. The van der Waals surface area contributed by atoms with E-state index in [0.717, 1.165) is 32.2 Å². The molecule has 3 heterocycles. The van der Waals surface area contributed by atoms with Crippen LogP contribution in [0.15, 0.2) is 29.2 Å². The molecule has 3 N–H and O–H groups in total. The van der Waals surface area contributed by atoms with Crippen molar-refractivity contribution in [3.05, 3.63) is 68.8 Å². The normalized spacial score (nSPS) is 24.3. The molecule has 1 aromatic carbocycles. The molecule has 36 heavy (non-hydrogen) atoms. The number of ether oxygens (including phenoxy) is 2. The third kappa shape index (κ3) is 3.71. The van der Waals surface area contributed by atoms with Crippen LogP contribution in [0.5, 0.6) is 5.75 Å². The monoisotopic (exact) mass is 511 g/mol. The molecule has 1 fully saturated rings. The molecule has 4 rings (SSSR count). The number of aromatic amines is 1. The van der Waals surface area contributed by atoms with Gasteiger partial charge in [-0.25, -0.2) is 9.37 Å². The number of amides is 1. The Bertz CT molecular complexity index is 1440. The number of hydrogen-bond acceptors (Lipinski definition) is 5. The van der Waals surface area contributed by atoms with Crippen LogP contribution in [0.2, 0.25) is 0 Å². The average molecular weight is 511 g/mol. The number of H-pyrrole nitrogens is 1. The number of rotatable bonds is 4. The molecule has 192 valence electrons. The smallest absolute Gasteiger partial charge is 0.417 e. The summed E-state index contributed by atoms with van der Waals surface area (Å²) in [4.78, 5) is 31.7. The van der Waals surface area contributed by atoms with Gasteiger partial charge < -0.3 is 20.2 Å². The van der Waals surface area contributed by atoms with Crippen molar-refractivity contribution in [3.63, 3.8) is 0 Å². The largest absolute Gasteiger partial charge is 0.493 e. The third-order valence-electron chi connectivity index (χ3n) is 6.92. The number of pyridine rings is 2. The summed E-state index contributed by atoms with van der Waals surface area (Å²) >= 11 is 0. The minimum absolute atomic E-state index is 0.0613. The number of benzene rings is 1. The summed E-state index contributed by atoms with van der Waals surface area (Å²) < 4.78 is 81.8. The van der Waals surface area contributed by atoms with E-state index < -0.39 is 58.4 Å². The van der Waals surface area contributed by atoms with E-state index in [-0.39, 0.29) is 27.9 Å². The molecule has 3 aromatic rings. The van der Waals surface area contributed by atoms with Crippen molar-refractivity contribution in [1.82, 2.24) is 9.97 Å². The Morgan fingerprint density at radius 3 is 2.53 bits per heavy atom. The fourth-order valence-electron chi connectivity index (χ4n) is 4.82. The number of alkyl halides is 3. The first kappa shape index (κ1) is 25.5. The van der Waals surface area contributed by atoms with E-state index in [1.807, 2.05) is 0 Å². The minimum Gasteiger partial charge on any atom is -0.493 e. The number of carbonyl (C=O) groups is 1. The Kier molecular flexibility index (Phi) is 6.06. The van der Waals surface area contributed by atoms with E-state index in [1.165, 1.54) is 13.1 Å². The van der Waals surface area contributed by atoms with Crippen LogP contribution >= 0.6 is 0 Å². The summed E-state index contributed by atoms with van der Waals surface area (Å²) in [6.45, 7) is 3.71. The lowest BCUT2D eigenvalue weighted by atomic mass is 9.76. The van der Waals surface area contributed by atoms with Crippen molar-refractivity contribution in [2.75, 3.05) is 7.11 Å². The molecular formula is C24H22F5N3O4. The number of aromatic nitrogens is 2. The molecule has 0 saturated carbocycles. The molecule has 0 bridgehead atoms. The van der Waals surface area contributed by atoms with Gasteiger partial charge in [-0.3, -0.25) is 9.59 Å². The van der Waals surface area contributed by atoms with Crippen LogP contribution in [0.4, 0.5) is 22.0 Å². The summed E-state index contributed by atoms with van der Waals surface area (Å²) in [6.07, 6.45) is -5.01. The van der Waals surface area contributed by atoms with E-state index >= 15 is 0 Å². The summed E-state index contributed by atoms with van der Waals surface area (Å²) in [5.74, 6) is -6.66. The maximum Gasteiger partial charge on any atom is 0.417 e. The van der Waals surface area contributed by atoms with Crippen molar-refractivity contribution >= 4 is 16.8 Å². The van der Waals surface area contributed by atoms with Gasteiger partial charge in [-0.1, -0.05) is 13.0 Å². The van der Waals surface area contributed by atoms with E-state index in [4.69, 9.17) is 15.2 Å². The van der Waals surface area contributed by atoms with E-state index in [0.29, 0.717) is 5.56 Å². The highest BCUT2D eigenvalue weighted by atomic mass is 19.4. The number of hydrogen-bond donors (Lipinski definition) is 2. The number of nitrogens with zero attached hydrogens (tertiary/aromatic N) is 1. The zero-order chi connectivity index (χ0) is 26.7. The summed E-state index contributed by atoms with van der Waals surface area (Å²) in [6, 6.07) is 2.92. The van der Waals surface area contributed by atoms with E-state index in [9.17, 15) is 31.5 Å². The zero-order valence-electron chi connectivity index (χ0n) is 19.6. The maximum atomic E-state index is 14.6. The molecule has 12 heteroatoms. The SMILES string of the molecule is COc1c([C@H]2[C@H](c3cc(=O)c4c(C(N)=O)ncc(C)c4[nH]3)O[C@@](C)(C(F)(F)F)[C@H]2C)ccc(F)c1F. The lowest BCUT2D eigenvalue weighted by Crippen LogP contribution is -2.46. The van der Waals surface area contributed by atoms with Gasteiger partial charge in [0.25, 0.3) is 5.91 Å². The molecule has 2 aromatic heterocycles. The van der Waals surface area contributed by atoms with Crippen LogP contribution in [-0.4, -0.2) is 34.8 Å². The fraction of sp³-hybridized carbons (Fsp3) is 0.375. The molecule has 0 spiro atoms. The number of halogens is 5.